The average Bonchev–Trinajstić information content (AvgIpc) is 2.81. The minimum atomic E-state index is -0.449. The smallest absolute Gasteiger partial charge is 0.255 e. The first-order valence-electron chi connectivity index (χ1n) is 10.5. The van der Waals surface area contributed by atoms with Gasteiger partial charge in [-0.15, -0.1) is 0 Å². The fourth-order valence-electron chi connectivity index (χ4n) is 4.72. The van der Waals surface area contributed by atoms with E-state index in [1.54, 1.807) is 36.9 Å². The van der Waals surface area contributed by atoms with Crippen LogP contribution in [0.25, 0.3) is 11.4 Å². The van der Waals surface area contributed by atoms with Crippen molar-refractivity contribution in [2.24, 2.45) is 5.92 Å². The summed E-state index contributed by atoms with van der Waals surface area (Å²) in [5.41, 5.74) is 1.70. The number of nitrogens with zero attached hydrogens (tertiary/aromatic N) is 5. The molecule has 1 aliphatic carbocycles. The number of benzene rings is 1. The quantitative estimate of drug-likeness (QED) is 0.698. The fraction of sp³-hybridized carbons (Fsp3) is 0.348. The zero-order valence-corrected chi connectivity index (χ0v) is 17.2. The topological polar surface area (TPSA) is 83.9 Å². The van der Waals surface area contributed by atoms with Gasteiger partial charge in [-0.3, -0.25) is 9.78 Å². The summed E-state index contributed by atoms with van der Waals surface area (Å²) in [4.78, 5) is 32.7. The van der Waals surface area contributed by atoms with Crippen molar-refractivity contribution in [2.45, 2.75) is 38.3 Å². The van der Waals surface area contributed by atoms with Gasteiger partial charge in [0.15, 0.2) is 5.82 Å². The Hall–Kier alpha value is -3.42. The molecule has 7 nitrogen and oxygen atoms in total. The van der Waals surface area contributed by atoms with Crippen LogP contribution >= 0.6 is 0 Å². The summed E-state index contributed by atoms with van der Waals surface area (Å²) in [5.74, 6) is 0.889. The number of fused-ring (bicyclic) bond motifs is 3. The van der Waals surface area contributed by atoms with E-state index in [1.807, 2.05) is 11.8 Å². The van der Waals surface area contributed by atoms with Gasteiger partial charge in [0.2, 0.25) is 0 Å². The van der Waals surface area contributed by atoms with Crippen molar-refractivity contribution in [1.29, 1.82) is 0 Å². The second-order valence-corrected chi connectivity index (χ2v) is 8.26. The Bertz CT molecular complexity index is 1090. The van der Waals surface area contributed by atoms with Crippen LogP contribution in [0.5, 0.6) is 0 Å². The third kappa shape index (κ3) is 3.85. The summed E-state index contributed by atoms with van der Waals surface area (Å²) in [5, 5.41) is 3.47. The van der Waals surface area contributed by atoms with Gasteiger partial charge in [0.1, 0.15) is 11.6 Å². The van der Waals surface area contributed by atoms with Crippen LogP contribution < -0.4 is 5.32 Å². The summed E-state index contributed by atoms with van der Waals surface area (Å²) < 4.78 is 14.1. The first-order chi connectivity index (χ1) is 15.1. The minimum absolute atomic E-state index is 0.00779. The van der Waals surface area contributed by atoms with E-state index in [2.05, 4.69) is 25.3 Å². The molecule has 3 unspecified atom stereocenters. The molecule has 6 rings (SSSR count). The number of anilines is 1. The molecule has 3 aromatic rings. The van der Waals surface area contributed by atoms with Crippen molar-refractivity contribution in [2.75, 3.05) is 11.9 Å². The molecule has 0 radical (unpaired) electrons. The van der Waals surface area contributed by atoms with E-state index < -0.39 is 5.82 Å². The molecule has 1 aromatic carbocycles. The lowest BCUT2D eigenvalue weighted by Gasteiger charge is -2.50. The van der Waals surface area contributed by atoms with Gasteiger partial charge >= 0.3 is 0 Å². The number of aromatic nitrogens is 4. The summed E-state index contributed by atoms with van der Waals surface area (Å²) in [6, 6.07) is 6.02. The number of nitrogens with one attached hydrogen (secondary N) is 1. The second-order valence-electron chi connectivity index (χ2n) is 8.26. The molecule has 3 fully saturated rings. The fourth-order valence-corrected chi connectivity index (χ4v) is 4.72. The molecule has 1 N–H and O–H groups in total. The number of hydrogen-bond donors (Lipinski definition) is 1. The Morgan fingerprint density at radius 1 is 1.13 bits per heavy atom. The van der Waals surface area contributed by atoms with Gasteiger partial charge in [-0.1, -0.05) is 0 Å². The Labute approximate surface area is 179 Å². The van der Waals surface area contributed by atoms with Crippen LogP contribution in [-0.4, -0.2) is 49.4 Å². The highest BCUT2D eigenvalue weighted by atomic mass is 19.1. The molecule has 2 saturated heterocycles. The molecule has 4 heterocycles. The second kappa shape index (κ2) is 8.02. The minimum Gasteiger partial charge on any atom is -0.364 e. The SMILES string of the molecule is Cc1cnc(NC2CC3CCC2N(C(=O)c2cc(F)ccc2-c2ncccn2)C3)cn1. The van der Waals surface area contributed by atoms with Gasteiger partial charge in [0.05, 0.1) is 29.7 Å². The van der Waals surface area contributed by atoms with E-state index in [0.29, 0.717) is 35.2 Å². The van der Waals surface area contributed by atoms with Gasteiger partial charge in [-0.2, -0.15) is 0 Å². The van der Waals surface area contributed by atoms with E-state index >= 15 is 0 Å². The number of carbonyl (C=O) groups excluding carboxylic acids is 1. The summed E-state index contributed by atoms with van der Waals surface area (Å²) in [6.45, 7) is 2.57. The molecule has 31 heavy (non-hydrogen) atoms. The van der Waals surface area contributed by atoms with Crippen molar-refractivity contribution in [1.82, 2.24) is 24.8 Å². The number of aryl methyl sites for hydroxylation is 1. The van der Waals surface area contributed by atoms with Crippen LogP contribution in [0.15, 0.2) is 49.1 Å². The Morgan fingerprint density at radius 3 is 2.71 bits per heavy atom. The predicted molar refractivity (Wildman–Crippen MR) is 114 cm³/mol. The molecule has 1 saturated carbocycles. The Balaban J connectivity index is 1.44. The lowest BCUT2D eigenvalue weighted by molar-refractivity contribution is 0.0282. The molecule has 158 valence electrons. The number of amides is 1. The first kappa shape index (κ1) is 19.5. The highest BCUT2D eigenvalue weighted by molar-refractivity contribution is 6.00. The molecule has 2 aliphatic heterocycles. The summed E-state index contributed by atoms with van der Waals surface area (Å²) in [7, 11) is 0. The highest BCUT2D eigenvalue weighted by Gasteiger charge is 2.43. The maximum absolute atomic E-state index is 14.1. The molecule has 1 amide bonds. The van der Waals surface area contributed by atoms with Gasteiger partial charge in [-0.05, 0) is 56.4 Å². The predicted octanol–water partition coefficient (Wildman–Crippen LogP) is 3.49. The van der Waals surface area contributed by atoms with Gasteiger partial charge in [-0.25, -0.2) is 19.3 Å². The highest BCUT2D eigenvalue weighted by Crippen LogP contribution is 2.38. The largest absolute Gasteiger partial charge is 0.364 e. The molecule has 0 spiro atoms. The lowest BCUT2D eigenvalue weighted by Crippen LogP contribution is -2.59. The number of piperidine rings is 2. The molecule has 2 bridgehead atoms. The monoisotopic (exact) mass is 418 g/mol. The standard InChI is InChI=1S/C23H23FN6O/c1-14-11-28-21(12-27-14)29-19-9-15-3-6-20(19)30(13-15)23(31)18-10-16(24)4-5-17(18)22-25-7-2-8-26-22/h2,4-5,7-8,10-12,15,19-20H,3,6,9,13H2,1H3,(H,28,29). The number of hydrogen-bond acceptors (Lipinski definition) is 6. The van der Waals surface area contributed by atoms with E-state index in [1.165, 1.54) is 12.1 Å². The van der Waals surface area contributed by atoms with Crippen molar-refractivity contribution in [3.8, 4) is 11.4 Å². The zero-order valence-electron chi connectivity index (χ0n) is 17.2. The summed E-state index contributed by atoms with van der Waals surface area (Å²) in [6.07, 6.45) is 9.65. The van der Waals surface area contributed by atoms with E-state index in [0.717, 1.165) is 25.0 Å². The lowest BCUT2D eigenvalue weighted by atomic mass is 9.76. The van der Waals surface area contributed by atoms with Gasteiger partial charge in [0, 0.05) is 30.5 Å². The van der Waals surface area contributed by atoms with Crippen molar-refractivity contribution in [3.05, 3.63) is 66.1 Å². The number of rotatable bonds is 4. The number of carbonyl (C=O) groups is 1. The van der Waals surface area contributed by atoms with Crippen LogP contribution in [-0.2, 0) is 0 Å². The average molecular weight is 418 g/mol. The number of halogens is 1. The van der Waals surface area contributed by atoms with Crippen molar-refractivity contribution >= 4 is 11.7 Å². The molecule has 3 atom stereocenters. The molecule has 8 heteroatoms. The summed E-state index contributed by atoms with van der Waals surface area (Å²) >= 11 is 0. The maximum Gasteiger partial charge on any atom is 0.255 e. The molecular formula is C23H23FN6O. The van der Waals surface area contributed by atoms with Gasteiger partial charge in [0.25, 0.3) is 5.91 Å². The Morgan fingerprint density at radius 2 is 1.97 bits per heavy atom. The van der Waals surface area contributed by atoms with Crippen LogP contribution in [0.4, 0.5) is 10.2 Å². The third-order valence-electron chi connectivity index (χ3n) is 6.17. The van der Waals surface area contributed by atoms with Crippen LogP contribution in [0.3, 0.4) is 0 Å². The van der Waals surface area contributed by atoms with Crippen LogP contribution in [0.2, 0.25) is 0 Å². The zero-order chi connectivity index (χ0) is 21.4. The first-order valence-corrected chi connectivity index (χ1v) is 10.5. The van der Waals surface area contributed by atoms with Crippen molar-refractivity contribution < 1.29 is 9.18 Å². The van der Waals surface area contributed by atoms with E-state index in [9.17, 15) is 9.18 Å². The normalized spacial score (nSPS) is 22.4. The van der Waals surface area contributed by atoms with Crippen molar-refractivity contribution in [3.63, 3.8) is 0 Å². The van der Waals surface area contributed by atoms with Crippen LogP contribution in [0.1, 0.15) is 35.3 Å². The Kier molecular flexibility index (Phi) is 5.05. The van der Waals surface area contributed by atoms with Gasteiger partial charge < -0.3 is 10.2 Å². The maximum atomic E-state index is 14.1. The molecule has 2 aromatic heterocycles. The third-order valence-corrected chi connectivity index (χ3v) is 6.17. The van der Waals surface area contributed by atoms with Crippen LogP contribution in [0, 0.1) is 18.7 Å². The van der Waals surface area contributed by atoms with E-state index in [4.69, 9.17) is 0 Å². The molecular weight excluding hydrogens is 395 g/mol. The molecule has 3 aliphatic rings. The van der Waals surface area contributed by atoms with E-state index in [-0.39, 0.29) is 18.0 Å².